The highest BCUT2D eigenvalue weighted by Gasteiger charge is 2.10. The minimum atomic E-state index is -0.408. The highest BCUT2D eigenvalue weighted by atomic mass is 16.6. The van der Waals surface area contributed by atoms with Crippen LogP contribution in [0.3, 0.4) is 0 Å². The maximum absolute atomic E-state index is 10.7. The van der Waals surface area contributed by atoms with E-state index in [4.69, 9.17) is 0 Å². The average molecular weight is 237 g/mol. The Morgan fingerprint density at radius 3 is 2.71 bits per heavy atom. The van der Waals surface area contributed by atoms with Crippen molar-refractivity contribution in [3.63, 3.8) is 0 Å². The van der Waals surface area contributed by atoms with Crippen LogP contribution in [0.2, 0.25) is 0 Å². The first-order chi connectivity index (χ1) is 8.00. The standard InChI is InChI=1S/C11H15N3O3/c1-8-3-4-10(7-11(8)14(16)17)13-6-5-12-9(2)15/h3-4,7,13H,5-6H2,1-2H3,(H,12,15). The first-order valence-electron chi connectivity index (χ1n) is 5.24. The number of nitrogens with zero attached hydrogens (tertiary/aromatic N) is 1. The molecule has 1 rings (SSSR count). The zero-order valence-corrected chi connectivity index (χ0v) is 9.82. The van der Waals surface area contributed by atoms with Gasteiger partial charge >= 0.3 is 0 Å². The number of rotatable bonds is 5. The molecule has 0 aliphatic carbocycles. The highest BCUT2D eigenvalue weighted by Crippen LogP contribution is 2.21. The molecule has 0 saturated heterocycles. The number of anilines is 1. The second kappa shape index (κ2) is 5.83. The quantitative estimate of drug-likeness (QED) is 0.461. The van der Waals surface area contributed by atoms with Crippen LogP contribution in [0.15, 0.2) is 18.2 Å². The number of nitro groups is 1. The van der Waals surface area contributed by atoms with Crippen LogP contribution in [0.1, 0.15) is 12.5 Å². The third-order valence-corrected chi connectivity index (χ3v) is 2.23. The van der Waals surface area contributed by atoms with Crippen molar-refractivity contribution in [1.82, 2.24) is 5.32 Å². The van der Waals surface area contributed by atoms with E-state index in [0.717, 1.165) is 0 Å². The molecule has 0 aromatic heterocycles. The van der Waals surface area contributed by atoms with E-state index >= 15 is 0 Å². The third kappa shape index (κ3) is 4.10. The molecule has 0 saturated carbocycles. The summed E-state index contributed by atoms with van der Waals surface area (Å²) >= 11 is 0. The van der Waals surface area contributed by atoms with Crippen LogP contribution in [0.25, 0.3) is 0 Å². The number of carbonyl (C=O) groups excluding carboxylic acids is 1. The molecule has 0 bridgehead atoms. The average Bonchev–Trinajstić information content (AvgIpc) is 2.25. The van der Waals surface area contributed by atoms with Crippen LogP contribution in [-0.4, -0.2) is 23.9 Å². The summed E-state index contributed by atoms with van der Waals surface area (Å²) in [6, 6.07) is 4.96. The summed E-state index contributed by atoms with van der Waals surface area (Å²) < 4.78 is 0. The Bertz CT molecular complexity index is 432. The fraction of sp³-hybridized carbons (Fsp3) is 0.364. The predicted molar refractivity (Wildman–Crippen MR) is 65.0 cm³/mol. The van der Waals surface area contributed by atoms with Crippen LogP contribution < -0.4 is 10.6 Å². The van der Waals surface area contributed by atoms with Crippen molar-refractivity contribution in [2.24, 2.45) is 0 Å². The van der Waals surface area contributed by atoms with E-state index in [2.05, 4.69) is 10.6 Å². The van der Waals surface area contributed by atoms with Gasteiger partial charge in [0.1, 0.15) is 0 Å². The number of amides is 1. The molecule has 1 amide bonds. The molecule has 0 aliphatic rings. The lowest BCUT2D eigenvalue weighted by atomic mass is 10.2. The van der Waals surface area contributed by atoms with Crippen LogP contribution in [0.4, 0.5) is 11.4 Å². The van der Waals surface area contributed by atoms with Crippen LogP contribution in [-0.2, 0) is 4.79 Å². The second-order valence-corrected chi connectivity index (χ2v) is 3.67. The molecule has 0 aliphatic heterocycles. The van der Waals surface area contributed by atoms with Gasteiger partial charge in [0.25, 0.3) is 5.69 Å². The Morgan fingerprint density at radius 1 is 1.41 bits per heavy atom. The summed E-state index contributed by atoms with van der Waals surface area (Å²) in [6.07, 6.45) is 0. The zero-order chi connectivity index (χ0) is 12.8. The molecule has 0 heterocycles. The van der Waals surface area contributed by atoms with Gasteiger partial charge in [-0.3, -0.25) is 14.9 Å². The van der Waals surface area contributed by atoms with Gasteiger partial charge in [-0.25, -0.2) is 0 Å². The molecule has 0 radical (unpaired) electrons. The van der Waals surface area contributed by atoms with Gasteiger partial charge in [0.15, 0.2) is 0 Å². The van der Waals surface area contributed by atoms with E-state index in [1.165, 1.54) is 13.0 Å². The van der Waals surface area contributed by atoms with Gasteiger partial charge in [-0.2, -0.15) is 0 Å². The zero-order valence-electron chi connectivity index (χ0n) is 9.82. The minimum absolute atomic E-state index is 0.0922. The van der Waals surface area contributed by atoms with Gasteiger partial charge in [-0.15, -0.1) is 0 Å². The van der Waals surface area contributed by atoms with Crippen molar-refractivity contribution >= 4 is 17.3 Å². The van der Waals surface area contributed by atoms with E-state index < -0.39 is 4.92 Å². The molecule has 1 aromatic rings. The second-order valence-electron chi connectivity index (χ2n) is 3.67. The van der Waals surface area contributed by atoms with Crippen LogP contribution in [0.5, 0.6) is 0 Å². The molecule has 6 nitrogen and oxygen atoms in total. The first kappa shape index (κ1) is 13.0. The third-order valence-electron chi connectivity index (χ3n) is 2.23. The Hall–Kier alpha value is -2.11. The number of carbonyl (C=O) groups is 1. The largest absolute Gasteiger partial charge is 0.383 e. The molecule has 0 fully saturated rings. The Kier molecular flexibility index (Phi) is 4.45. The summed E-state index contributed by atoms with van der Waals surface area (Å²) in [5, 5.41) is 16.3. The molecular weight excluding hydrogens is 222 g/mol. The van der Waals surface area contributed by atoms with Crippen molar-refractivity contribution in [2.75, 3.05) is 18.4 Å². The maximum atomic E-state index is 10.7. The summed E-state index contributed by atoms with van der Waals surface area (Å²) in [7, 11) is 0. The van der Waals surface area contributed by atoms with Gasteiger partial charge in [0, 0.05) is 37.3 Å². The normalized spacial score (nSPS) is 9.76. The monoisotopic (exact) mass is 237 g/mol. The molecule has 1 aromatic carbocycles. The maximum Gasteiger partial charge on any atom is 0.274 e. The Morgan fingerprint density at radius 2 is 2.12 bits per heavy atom. The lowest BCUT2D eigenvalue weighted by Crippen LogP contribution is -2.26. The van der Waals surface area contributed by atoms with E-state index in [-0.39, 0.29) is 11.6 Å². The molecular formula is C11H15N3O3. The topological polar surface area (TPSA) is 84.3 Å². The number of hydrogen-bond donors (Lipinski definition) is 2. The minimum Gasteiger partial charge on any atom is -0.383 e. The molecule has 6 heteroatoms. The predicted octanol–water partition coefficient (Wildman–Crippen LogP) is 1.45. The molecule has 0 unspecified atom stereocenters. The summed E-state index contributed by atoms with van der Waals surface area (Å²) in [6.45, 7) is 4.15. The fourth-order valence-corrected chi connectivity index (χ4v) is 1.36. The van der Waals surface area contributed by atoms with Gasteiger partial charge in [0.05, 0.1) is 4.92 Å². The number of nitrogens with one attached hydrogen (secondary N) is 2. The Labute approximate surface area is 99.2 Å². The summed E-state index contributed by atoms with van der Waals surface area (Å²) in [4.78, 5) is 20.9. The lowest BCUT2D eigenvalue weighted by Gasteiger charge is -2.07. The summed E-state index contributed by atoms with van der Waals surface area (Å²) in [5.74, 6) is -0.0957. The molecule has 92 valence electrons. The van der Waals surface area contributed by atoms with Crippen molar-refractivity contribution in [1.29, 1.82) is 0 Å². The van der Waals surface area contributed by atoms with E-state index in [0.29, 0.717) is 24.3 Å². The fourth-order valence-electron chi connectivity index (χ4n) is 1.36. The van der Waals surface area contributed by atoms with E-state index in [1.54, 1.807) is 19.1 Å². The number of hydrogen-bond acceptors (Lipinski definition) is 4. The number of benzene rings is 1. The summed E-state index contributed by atoms with van der Waals surface area (Å²) in [5.41, 5.74) is 1.39. The Balaban J connectivity index is 2.57. The van der Waals surface area contributed by atoms with Gasteiger partial charge in [-0.1, -0.05) is 6.07 Å². The van der Waals surface area contributed by atoms with Crippen molar-refractivity contribution in [3.8, 4) is 0 Å². The van der Waals surface area contributed by atoms with Gasteiger partial charge < -0.3 is 10.6 Å². The molecule has 0 atom stereocenters. The molecule has 2 N–H and O–H groups in total. The molecule has 0 spiro atoms. The SMILES string of the molecule is CC(=O)NCCNc1ccc(C)c([N+](=O)[O-])c1. The van der Waals surface area contributed by atoms with Gasteiger partial charge in [0.2, 0.25) is 5.91 Å². The van der Waals surface area contributed by atoms with E-state index in [9.17, 15) is 14.9 Å². The van der Waals surface area contributed by atoms with Crippen LogP contribution >= 0.6 is 0 Å². The lowest BCUT2D eigenvalue weighted by molar-refractivity contribution is -0.385. The van der Waals surface area contributed by atoms with Crippen molar-refractivity contribution in [2.45, 2.75) is 13.8 Å². The van der Waals surface area contributed by atoms with Crippen LogP contribution in [0, 0.1) is 17.0 Å². The van der Waals surface area contributed by atoms with Gasteiger partial charge in [-0.05, 0) is 13.0 Å². The van der Waals surface area contributed by atoms with Crippen molar-refractivity contribution in [3.05, 3.63) is 33.9 Å². The van der Waals surface area contributed by atoms with Crippen molar-refractivity contribution < 1.29 is 9.72 Å². The number of nitro benzene ring substituents is 1. The highest BCUT2D eigenvalue weighted by molar-refractivity contribution is 5.72. The smallest absolute Gasteiger partial charge is 0.274 e. The number of aryl methyl sites for hydroxylation is 1. The van der Waals surface area contributed by atoms with E-state index in [1.807, 2.05) is 0 Å². The first-order valence-corrected chi connectivity index (χ1v) is 5.24. The molecule has 17 heavy (non-hydrogen) atoms.